The van der Waals surface area contributed by atoms with Crippen molar-refractivity contribution in [3.05, 3.63) is 52.8 Å². The normalized spacial score (nSPS) is 10.2. The lowest BCUT2D eigenvalue weighted by atomic mass is 10.1. The van der Waals surface area contributed by atoms with Crippen LogP contribution in [0.1, 0.15) is 10.4 Å². The minimum absolute atomic E-state index is 0.146. The summed E-state index contributed by atoms with van der Waals surface area (Å²) in [5, 5.41) is 2.97. The van der Waals surface area contributed by atoms with E-state index in [0.717, 1.165) is 6.07 Å². The lowest BCUT2D eigenvalue weighted by Crippen LogP contribution is -2.14. The van der Waals surface area contributed by atoms with E-state index < -0.39 is 11.7 Å². The summed E-state index contributed by atoms with van der Waals surface area (Å²) < 4.78 is 18.7. The van der Waals surface area contributed by atoms with Crippen molar-refractivity contribution in [2.45, 2.75) is 0 Å². The number of carbonyl (C=O) groups excluding carboxylic acids is 1. The first-order chi connectivity index (χ1) is 9.51. The highest BCUT2D eigenvalue weighted by Gasteiger charge is 2.14. The molecule has 0 fully saturated rings. The number of halogens is 2. The van der Waals surface area contributed by atoms with Gasteiger partial charge in [-0.25, -0.2) is 4.39 Å². The molecule has 2 rings (SSSR count). The predicted molar refractivity (Wildman–Crippen MR) is 76.8 cm³/mol. The maximum absolute atomic E-state index is 13.6. The number of ether oxygens (including phenoxy) is 1. The van der Waals surface area contributed by atoms with Crippen LogP contribution in [0.3, 0.4) is 0 Å². The Kier molecular flexibility index (Phi) is 4.10. The Balaban J connectivity index is 2.32. The summed E-state index contributed by atoms with van der Waals surface area (Å²) >= 11 is 5.86. The van der Waals surface area contributed by atoms with Crippen LogP contribution in [0.4, 0.5) is 15.8 Å². The first kappa shape index (κ1) is 14.1. The van der Waals surface area contributed by atoms with E-state index in [1.807, 2.05) is 0 Å². The van der Waals surface area contributed by atoms with Gasteiger partial charge in [-0.15, -0.1) is 0 Å². The average Bonchev–Trinajstić information content (AvgIpc) is 2.41. The van der Waals surface area contributed by atoms with Crippen LogP contribution in [0.2, 0.25) is 5.02 Å². The van der Waals surface area contributed by atoms with Crippen molar-refractivity contribution in [3.8, 4) is 5.75 Å². The molecule has 0 aliphatic rings. The van der Waals surface area contributed by atoms with E-state index in [4.69, 9.17) is 22.1 Å². The number of nitrogens with two attached hydrogens (primary N) is 1. The first-order valence-electron chi connectivity index (χ1n) is 5.71. The lowest BCUT2D eigenvalue weighted by molar-refractivity contribution is 0.102. The molecule has 2 aromatic rings. The molecule has 0 aliphatic heterocycles. The monoisotopic (exact) mass is 294 g/mol. The van der Waals surface area contributed by atoms with Crippen molar-refractivity contribution in [2.24, 2.45) is 0 Å². The number of nitrogens with one attached hydrogen (secondary N) is 1. The zero-order chi connectivity index (χ0) is 14.7. The third kappa shape index (κ3) is 3.00. The molecular formula is C14H12ClFN2O2. The molecule has 0 heterocycles. The van der Waals surface area contributed by atoms with E-state index in [1.54, 1.807) is 12.1 Å². The molecule has 0 saturated heterocycles. The van der Waals surface area contributed by atoms with Crippen LogP contribution < -0.4 is 15.8 Å². The molecule has 0 unspecified atom stereocenters. The van der Waals surface area contributed by atoms with Gasteiger partial charge in [-0.05, 0) is 36.4 Å². The van der Waals surface area contributed by atoms with E-state index in [2.05, 4.69) is 5.32 Å². The second-order valence-electron chi connectivity index (χ2n) is 4.04. The molecule has 0 saturated carbocycles. The zero-order valence-electron chi connectivity index (χ0n) is 10.6. The standard InChI is InChI=1S/C14H12ClFN2O2/c1-20-13-5-2-8(15)6-12(13)18-14(19)10-7-9(17)3-4-11(10)16/h2-7H,17H2,1H3,(H,18,19). The van der Waals surface area contributed by atoms with Gasteiger partial charge in [0.2, 0.25) is 0 Å². The third-order valence-electron chi connectivity index (χ3n) is 2.64. The SMILES string of the molecule is COc1ccc(Cl)cc1NC(=O)c1cc(N)ccc1F. The van der Waals surface area contributed by atoms with Crippen LogP contribution in [0.5, 0.6) is 5.75 Å². The number of rotatable bonds is 3. The number of hydrogen-bond donors (Lipinski definition) is 2. The van der Waals surface area contributed by atoms with Crippen LogP contribution >= 0.6 is 11.6 Å². The van der Waals surface area contributed by atoms with E-state index in [1.165, 1.54) is 25.3 Å². The quantitative estimate of drug-likeness (QED) is 0.854. The molecule has 0 radical (unpaired) electrons. The van der Waals surface area contributed by atoms with Crippen LogP contribution in [0.25, 0.3) is 0 Å². The number of methoxy groups -OCH3 is 1. The third-order valence-corrected chi connectivity index (χ3v) is 2.88. The number of hydrogen-bond acceptors (Lipinski definition) is 3. The molecule has 0 atom stereocenters. The van der Waals surface area contributed by atoms with Crippen molar-refractivity contribution >= 4 is 28.9 Å². The summed E-state index contributed by atoms with van der Waals surface area (Å²) in [7, 11) is 1.46. The van der Waals surface area contributed by atoms with E-state index in [-0.39, 0.29) is 5.56 Å². The van der Waals surface area contributed by atoms with E-state index in [9.17, 15) is 9.18 Å². The summed E-state index contributed by atoms with van der Waals surface area (Å²) in [6.45, 7) is 0. The Morgan fingerprint density at radius 3 is 2.75 bits per heavy atom. The fourth-order valence-corrected chi connectivity index (χ4v) is 1.86. The fourth-order valence-electron chi connectivity index (χ4n) is 1.68. The minimum atomic E-state index is -0.655. The topological polar surface area (TPSA) is 64.3 Å². The van der Waals surface area contributed by atoms with Gasteiger partial charge in [-0.2, -0.15) is 0 Å². The molecule has 104 valence electrons. The maximum atomic E-state index is 13.6. The van der Waals surface area contributed by atoms with Crippen molar-refractivity contribution in [1.29, 1.82) is 0 Å². The van der Waals surface area contributed by atoms with Gasteiger partial charge in [0.05, 0.1) is 18.4 Å². The van der Waals surface area contributed by atoms with Crippen LogP contribution in [0, 0.1) is 5.82 Å². The van der Waals surface area contributed by atoms with Gasteiger partial charge >= 0.3 is 0 Å². The van der Waals surface area contributed by atoms with E-state index in [0.29, 0.717) is 22.1 Å². The van der Waals surface area contributed by atoms with Gasteiger partial charge in [0.15, 0.2) is 0 Å². The molecule has 4 nitrogen and oxygen atoms in total. The van der Waals surface area contributed by atoms with Gasteiger partial charge in [-0.3, -0.25) is 4.79 Å². The van der Waals surface area contributed by atoms with Crippen molar-refractivity contribution in [2.75, 3.05) is 18.2 Å². The first-order valence-corrected chi connectivity index (χ1v) is 6.09. The van der Waals surface area contributed by atoms with Crippen LogP contribution in [0.15, 0.2) is 36.4 Å². The van der Waals surface area contributed by atoms with Gasteiger partial charge in [0.1, 0.15) is 11.6 Å². The Bertz CT molecular complexity index is 662. The average molecular weight is 295 g/mol. The summed E-state index contributed by atoms with van der Waals surface area (Å²) in [6.07, 6.45) is 0. The van der Waals surface area contributed by atoms with Crippen LogP contribution in [-0.4, -0.2) is 13.0 Å². The lowest BCUT2D eigenvalue weighted by Gasteiger charge is -2.11. The summed E-state index contributed by atoms with van der Waals surface area (Å²) in [6, 6.07) is 8.53. The molecule has 2 aromatic carbocycles. The Morgan fingerprint density at radius 1 is 1.30 bits per heavy atom. The predicted octanol–water partition coefficient (Wildman–Crippen LogP) is 3.32. The molecule has 0 aliphatic carbocycles. The second kappa shape index (κ2) is 5.79. The number of nitrogen functional groups attached to an aromatic ring is 1. The molecule has 0 spiro atoms. The highest BCUT2D eigenvalue weighted by Crippen LogP contribution is 2.28. The highest BCUT2D eigenvalue weighted by molar-refractivity contribution is 6.31. The van der Waals surface area contributed by atoms with Crippen LogP contribution in [-0.2, 0) is 0 Å². The Hall–Kier alpha value is -2.27. The number of amides is 1. The van der Waals surface area contributed by atoms with Gasteiger partial charge in [-0.1, -0.05) is 11.6 Å². The van der Waals surface area contributed by atoms with Gasteiger partial charge < -0.3 is 15.8 Å². The molecule has 20 heavy (non-hydrogen) atoms. The van der Waals surface area contributed by atoms with Crippen molar-refractivity contribution < 1.29 is 13.9 Å². The zero-order valence-corrected chi connectivity index (χ0v) is 11.4. The summed E-state index contributed by atoms with van der Waals surface area (Å²) in [5.74, 6) is -0.861. The molecule has 3 N–H and O–H groups in total. The summed E-state index contributed by atoms with van der Waals surface area (Å²) in [5.41, 5.74) is 6.05. The van der Waals surface area contributed by atoms with Crippen molar-refractivity contribution in [1.82, 2.24) is 0 Å². The minimum Gasteiger partial charge on any atom is -0.495 e. The van der Waals surface area contributed by atoms with Gasteiger partial charge in [0, 0.05) is 10.7 Å². The fraction of sp³-hybridized carbons (Fsp3) is 0.0714. The number of anilines is 2. The smallest absolute Gasteiger partial charge is 0.258 e. The highest BCUT2D eigenvalue weighted by atomic mass is 35.5. The molecule has 1 amide bonds. The van der Waals surface area contributed by atoms with Gasteiger partial charge in [0.25, 0.3) is 5.91 Å². The van der Waals surface area contributed by atoms with E-state index >= 15 is 0 Å². The molecular weight excluding hydrogens is 283 g/mol. The second-order valence-corrected chi connectivity index (χ2v) is 4.47. The molecule has 0 aromatic heterocycles. The Labute approximate surface area is 120 Å². The largest absolute Gasteiger partial charge is 0.495 e. The maximum Gasteiger partial charge on any atom is 0.258 e. The summed E-state index contributed by atoms with van der Waals surface area (Å²) in [4.78, 5) is 12.1. The number of benzene rings is 2. The van der Waals surface area contributed by atoms with Crippen molar-refractivity contribution in [3.63, 3.8) is 0 Å². The molecule has 0 bridgehead atoms. The molecule has 6 heteroatoms. The number of carbonyl (C=O) groups is 1. The Morgan fingerprint density at radius 2 is 2.05 bits per heavy atom.